The second kappa shape index (κ2) is 5.23. The lowest BCUT2D eigenvalue weighted by molar-refractivity contribution is 0.185. The molecule has 0 saturated carbocycles. The fraction of sp³-hybridized carbons (Fsp3) is 0.917. The van der Waals surface area contributed by atoms with E-state index in [4.69, 9.17) is 0 Å². The van der Waals surface area contributed by atoms with Gasteiger partial charge in [0.25, 0.3) is 0 Å². The Morgan fingerprint density at radius 3 is 2.76 bits per heavy atom. The first kappa shape index (κ1) is 12.6. The molecule has 0 aromatic rings. The minimum atomic E-state index is 0.0960. The quantitative estimate of drug-likeness (QED) is 0.726. The minimum absolute atomic E-state index is 0.0960. The third-order valence-electron chi connectivity index (χ3n) is 3.72. The van der Waals surface area contributed by atoms with Gasteiger partial charge in [0.1, 0.15) is 0 Å². The predicted molar refractivity (Wildman–Crippen MR) is 68.0 cm³/mol. The zero-order valence-electron chi connectivity index (χ0n) is 11.1. The van der Waals surface area contributed by atoms with Crippen LogP contribution >= 0.6 is 0 Å². The normalized spacial score (nSPS) is 31.1. The van der Waals surface area contributed by atoms with Gasteiger partial charge in [-0.2, -0.15) is 0 Å². The van der Waals surface area contributed by atoms with E-state index in [9.17, 15) is 4.79 Å². The Hall–Kier alpha value is -0.810. The summed E-state index contributed by atoms with van der Waals surface area (Å²) < 4.78 is 0. The highest BCUT2D eigenvalue weighted by atomic mass is 16.2. The molecule has 2 rings (SSSR count). The molecule has 17 heavy (non-hydrogen) atoms. The lowest BCUT2D eigenvalue weighted by atomic mass is 10.1. The van der Waals surface area contributed by atoms with E-state index in [-0.39, 0.29) is 6.03 Å². The number of likely N-dealkylation sites (N-methyl/N-ethyl adjacent to an activating group) is 1. The average Bonchev–Trinajstić information content (AvgIpc) is 2.61. The molecule has 98 valence electrons. The Morgan fingerprint density at radius 2 is 2.18 bits per heavy atom. The molecule has 2 saturated heterocycles. The molecule has 2 aliphatic rings. The van der Waals surface area contributed by atoms with Crippen LogP contribution in [-0.2, 0) is 0 Å². The van der Waals surface area contributed by atoms with Gasteiger partial charge in [-0.05, 0) is 13.0 Å². The number of hydrogen-bond donors (Lipinski definition) is 2. The first-order chi connectivity index (χ1) is 8.06. The van der Waals surface area contributed by atoms with Gasteiger partial charge >= 0.3 is 6.03 Å². The van der Waals surface area contributed by atoms with Crippen LogP contribution in [0.3, 0.4) is 0 Å². The molecule has 5 heteroatoms. The van der Waals surface area contributed by atoms with Crippen molar-refractivity contribution in [3.05, 3.63) is 0 Å². The summed E-state index contributed by atoms with van der Waals surface area (Å²) in [5.74, 6) is 0.505. The van der Waals surface area contributed by atoms with Crippen LogP contribution in [0.15, 0.2) is 0 Å². The zero-order valence-corrected chi connectivity index (χ0v) is 11.1. The third kappa shape index (κ3) is 3.10. The molecule has 2 aliphatic heterocycles. The highest BCUT2D eigenvalue weighted by Gasteiger charge is 2.32. The molecule has 2 amide bonds. The molecule has 0 aromatic carbocycles. The Labute approximate surface area is 104 Å². The molecule has 0 aliphatic carbocycles. The molecule has 0 radical (unpaired) electrons. The van der Waals surface area contributed by atoms with Crippen molar-refractivity contribution in [3.63, 3.8) is 0 Å². The Balaban J connectivity index is 1.84. The lowest BCUT2D eigenvalue weighted by Crippen LogP contribution is -2.54. The van der Waals surface area contributed by atoms with Crippen LogP contribution in [0.5, 0.6) is 0 Å². The second-order valence-electron chi connectivity index (χ2n) is 5.62. The Kier molecular flexibility index (Phi) is 3.89. The van der Waals surface area contributed by atoms with Crippen LogP contribution in [0, 0.1) is 5.92 Å². The summed E-state index contributed by atoms with van der Waals surface area (Å²) in [5.41, 5.74) is 0. The maximum atomic E-state index is 11.8. The SMILES string of the molecule is CC(C)C1CN(CC2CN(C)CCN2)C(=O)N1. The van der Waals surface area contributed by atoms with Crippen LogP contribution in [0.4, 0.5) is 4.79 Å². The maximum absolute atomic E-state index is 11.8. The molecular formula is C12H24N4O. The van der Waals surface area contributed by atoms with Gasteiger partial charge in [0.15, 0.2) is 0 Å². The second-order valence-corrected chi connectivity index (χ2v) is 5.62. The van der Waals surface area contributed by atoms with Gasteiger partial charge in [0.2, 0.25) is 0 Å². The van der Waals surface area contributed by atoms with Crippen LogP contribution in [-0.4, -0.2) is 67.7 Å². The molecule has 0 aromatic heterocycles. The first-order valence-electron chi connectivity index (χ1n) is 6.53. The van der Waals surface area contributed by atoms with Gasteiger partial charge in [-0.15, -0.1) is 0 Å². The first-order valence-corrected chi connectivity index (χ1v) is 6.53. The van der Waals surface area contributed by atoms with Crippen molar-refractivity contribution in [1.29, 1.82) is 0 Å². The number of piperazine rings is 1. The highest BCUT2D eigenvalue weighted by molar-refractivity contribution is 5.77. The van der Waals surface area contributed by atoms with E-state index in [1.54, 1.807) is 0 Å². The summed E-state index contributed by atoms with van der Waals surface area (Å²) in [6, 6.07) is 0.813. The minimum Gasteiger partial charge on any atom is -0.333 e. The van der Waals surface area contributed by atoms with Crippen molar-refractivity contribution < 1.29 is 4.79 Å². The van der Waals surface area contributed by atoms with Crippen molar-refractivity contribution in [1.82, 2.24) is 20.4 Å². The van der Waals surface area contributed by atoms with E-state index in [2.05, 4.69) is 36.4 Å². The number of amides is 2. The summed E-state index contributed by atoms with van der Waals surface area (Å²) in [5, 5.41) is 6.53. The molecule has 2 heterocycles. The lowest BCUT2D eigenvalue weighted by Gasteiger charge is -2.33. The van der Waals surface area contributed by atoms with Gasteiger partial charge in [-0.1, -0.05) is 13.8 Å². The fourth-order valence-corrected chi connectivity index (χ4v) is 2.53. The van der Waals surface area contributed by atoms with Gasteiger partial charge in [-0.3, -0.25) is 0 Å². The summed E-state index contributed by atoms with van der Waals surface area (Å²) in [4.78, 5) is 16.1. The van der Waals surface area contributed by atoms with Crippen molar-refractivity contribution in [2.75, 3.05) is 39.8 Å². The van der Waals surface area contributed by atoms with E-state index < -0.39 is 0 Å². The molecule has 0 spiro atoms. The van der Waals surface area contributed by atoms with Crippen LogP contribution in [0.25, 0.3) is 0 Å². The van der Waals surface area contributed by atoms with Gasteiger partial charge in [0, 0.05) is 38.8 Å². The topological polar surface area (TPSA) is 47.6 Å². The van der Waals surface area contributed by atoms with Crippen LogP contribution < -0.4 is 10.6 Å². The van der Waals surface area contributed by atoms with Crippen molar-refractivity contribution >= 4 is 6.03 Å². The van der Waals surface area contributed by atoms with E-state index in [1.165, 1.54) is 0 Å². The largest absolute Gasteiger partial charge is 0.333 e. The van der Waals surface area contributed by atoms with Gasteiger partial charge in [-0.25, -0.2) is 4.79 Å². The summed E-state index contributed by atoms with van der Waals surface area (Å²) in [6.45, 7) is 9.11. The van der Waals surface area contributed by atoms with E-state index in [0.717, 1.165) is 32.7 Å². The van der Waals surface area contributed by atoms with E-state index in [0.29, 0.717) is 18.0 Å². The number of hydrogen-bond acceptors (Lipinski definition) is 3. The van der Waals surface area contributed by atoms with Crippen molar-refractivity contribution in [2.24, 2.45) is 5.92 Å². The van der Waals surface area contributed by atoms with Crippen LogP contribution in [0.1, 0.15) is 13.8 Å². The zero-order chi connectivity index (χ0) is 12.4. The number of urea groups is 1. The monoisotopic (exact) mass is 240 g/mol. The summed E-state index contributed by atoms with van der Waals surface area (Å²) >= 11 is 0. The summed E-state index contributed by atoms with van der Waals surface area (Å²) in [6.07, 6.45) is 0. The Morgan fingerprint density at radius 1 is 1.41 bits per heavy atom. The molecular weight excluding hydrogens is 216 g/mol. The van der Waals surface area contributed by atoms with Crippen molar-refractivity contribution in [3.8, 4) is 0 Å². The molecule has 2 atom stereocenters. The number of nitrogens with one attached hydrogen (secondary N) is 2. The van der Waals surface area contributed by atoms with Gasteiger partial charge < -0.3 is 20.4 Å². The third-order valence-corrected chi connectivity index (χ3v) is 3.72. The molecule has 2 N–H and O–H groups in total. The number of nitrogens with zero attached hydrogens (tertiary/aromatic N) is 2. The van der Waals surface area contributed by atoms with E-state index in [1.807, 2.05) is 4.90 Å². The number of rotatable bonds is 3. The maximum Gasteiger partial charge on any atom is 0.317 e. The number of carbonyl (C=O) groups excluding carboxylic acids is 1. The molecule has 2 unspecified atom stereocenters. The highest BCUT2D eigenvalue weighted by Crippen LogP contribution is 2.12. The number of carbonyl (C=O) groups is 1. The van der Waals surface area contributed by atoms with Gasteiger partial charge in [0.05, 0.1) is 6.04 Å². The Bertz CT molecular complexity index is 282. The molecule has 2 fully saturated rings. The smallest absolute Gasteiger partial charge is 0.317 e. The predicted octanol–water partition coefficient (Wildman–Crippen LogP) is -0.0602. The summed E-state index contributed by atoms with van der Waals surface area (Å²) in [7, 11) is 2.13. The average molecular weight is 240 g/mol. The van der Waals surface area contributed by atoms with E-state index >= 15 is 0 Å². The van der Waals surface area contributed by atoms with Crippen molar-refractivity contribution in [2.45, 2.75) is 25.9 Å². The molecule has 5 nitrogen and oxygen atoms in total. The fourth-order valence-electron chi connectivity index (χ4n) is 2.53. The molecule has 0 bridgehead atoms. The standard InChI is InChI=1S/C12H24N4O/c1-9(2)11-8-16(12(17)14-11)7-10-6-15(3)5-4-13-10/h9-11,13H,4-8H2,1-3H3,(H,14,17). The van der Waals surface area contributed by atoms with Crippen LogP contribution in [0.2, 0.25) is 0 Å².